The molecule has 1 saturated heterocycles. The maximum atomic E-state index is 12.4. The van der Waals surface area contributed by atoms with E-state index in [1.165, 1.54) is 19.2 Å². The van der Waals surface area contributed by atoms with E-state index in [4.69, 9.17) is 0 Å². The van der Waals surface area contributed by atoms with Crippen LogP contribution in [0.3, 0.4) is 0 Å². The van der Waals surface area contributed by atoms with Gasteiger partial charge in [-0.25, -0.2) is 9.67 Å². The molecule has 1 aromatic carbocycles. The fourth-order valence-electron chi connectivity index (χ4n) is 3.51. The van der Waals surface area contributed by atoms with E-state index in [0.29, 0.717) is 18.3 Å². The summed E-state index contributed by atoms with van der Waals surface area (Å²) in [6.45, 7) is 6.38. The van der Waals surface area contributed by atoms with Gasteiger partial charge in [0.2, 0.25) is 5.91 Å². The van der Waals surface area contributed by atoms with Gasteiger partial charge in [-0.1, -0.05) is 19.1 Å². The van der Waals surface area contributed by atoms with Crippen molar-refractivity contribution < 1.29 is 4.79 Å². The highest BCUT2D eigenvalue weighted by Gasteiger charge is 2.22. The quantitative estimate of drug-likeness (QED) is 0.811. The zero-order valence-electron chi connectivity index (χ0n) is 15.4. The predicted molar refractivity (Wildman–Crippen MR) is 105 cm³/mol. The number of halogens is 1. The molecule has 3 rings (SSSR count). The van der Waals surface area contributed by atoms with Crippen LogP contribution in [-0.2, 0) is 4.79 Å². The summed E-state index contributed by atoms with van der Waals surface area (Å²) in [6.07, 6.45) is 6.14. The van der Waals surface area contributed by atoms with E-state index < -0.39 is 0 Å². The number of piperidine rings is 1. The predicted octanol–water partition coefficient (Wildman–Crippen LogP) is 2.89. The van der Waals surface area contributed by atoms with Crippen LogP contribution in [0.2, 0.25) is 0 Å². The lowest BCUT2D eigenvalue weighted by Crippen LogP contribution is -2.34. The van der Waals surface area contributed by atoms with Gasteiger partial charge < -0.3 is 10.6 Å². The third-order valence-corrected chi connectivity index (χ3v) is 5.15. The maximum absolute atomic E-state index is 12.4. The van der Waals surface area contributed by atoms with Gasteiger partial charge >= 0.3 is 0 Å². The first-order valence-electron chi connectivity index (χ1n) is 9.08. The van der Waals surface area contributed by atoms with E-state index in [1.807, 2.05) is 31.2 Å². The first kappa shape index (κ1) is 20.4. The van der Waals surface area contributed by atoms with Crippen molar-refractivity contribution in [1.29, 1.82) is 0 Å². The Morgan fingerprint density at radius 1 is 1.27 bits per heavy atom. The summed E-state index contributed by atoms with van der Waals surface area (Å²) < 4.78 is 1.72. The van der Waals surface area contributed by atoms with Gasteiger partial charge in [0.1, 0.15) is 12.7 Å². The van der Waals surface area contributed by atoms with Crippen molar-refractivity contribution in [2.24, 2.45) is 11.8 Å². The molecule has 6 nitrogen and oxygen atoms in total. The molecular weight excluding hydrogens is 350 g/mol. The zero-order valence-corrected chi connectivity index (χ0v) is 16.2. The van der Waals surface area contributed by atoms with Crippen LogP contribution in [0.25, 0.3) is 5.69 Å². The number of carbonyl (C=O) groups excluding carboxylic acids is 1. The van der Waals surface area contributed by atoms with Crippen LogP contribution in [0, 0.1) is 11.8 Å². The van der Waals surface area contributed by atoms with Crippen LogP contribution in [-0.4, -0.2) is 33.8 Å². The minimum Gasteiger partial charge on any atom is -0.350 e. The lowest BCUT2D eigenvalue weighted by Gasteiger charge is -2.28. The van der Waals surface area contributed by atoms with Crippen LogP contribution in [0.15, 0.2) is 36.9 Å². The standard InChI is InChI=1S/C19H27N5O.ClH/c1-14(16-7-9-20-10-8-16)11-19(25)23-15(2)17-3-5-18(6-4-17)24-13-21-12-22-24;/h3-6,12-16,20H,7-11H2,1-2H3,(H,23,25);1H. The van der Waals surface area contributed by atoms with Crippen LogP contribution in [0.4, 0.5) is 0 Å². The van der Waals surface area contributed by atoms with Crippen LogP contribution < -0.4 is 10.6 Å². The molecular formula is C19H28ClN5O. The van der Waals surface area contributed by atoms with E-state index in [-0.39, 0.29) is 24.4 Å². The number of nitrogens with one attached hydrogen (secondary N) is 2. The zero-order chi connectivity index (χ0) is 17.6. The second-order valence-electron chi connectivity index (χ2n) is 6.99. The van der Waals surface area contributed by atoms with Gasteiger partial charge in [-0.15, -0.1) is 12.4 Å². The van der Waals surface area contributed by atoms with Crippen LogP contribution in [0.1, 0.15) is 44.7 Å². The fourth-order valence-corrected chi connectivity index (χ4v) is 3.51. The molecule has 2 aromatic rings. The highest BCUT2D eigenvalue weighted by molar-refractivity contribution is 5.85. The van der Waals surface area contributed by atoms with Gasteiger partial charge in [0.05, 0.1) is 11.7 Å². The smallest absolute Gasteiger partial charge is 0.220 e. The minimum atomic E-state index is -0.00230. The molecule has 0 saturated carbocycles. The summed E-state index contributed by atoms with van der Waals surface area (Å²) in [7, 11) is 0. The molecule has 26 heavy (non-hydrogen) atoms. The molecule has 2 unspecified atom stereocenters. The maximum Gasteiger partial charge on any atom is 0.220 e. The van der Waals surface area contributed by atoms with E-state index in [1.54, 1.807) is 11.0 Å². The average molecular weight is 378 g/mol. The molecule has 2 atom stereocenters. The van der Waals surface area contributed by atoms with Crippen molar-refractivity contribution in [3.63, 3.8) is 0 Å². The molecule has 2 heterocycles. The van der Waals surface area contributed by atoms with E-state index in [2.05, 4.69) is 27.6 Å². The molecule has 7 heteroatoms. The molecule has 0 bridgehead atoms. The van der Waals surface area contributed by atoms with Crippen LogP contribution in [0.5, 0.6) is 0 Å². The lowest BCUT2D eigenvalue weighted by molar-refractivity contribution is -0.123. The molecule has 1 amide bonds. The molecule has 1 aliphatic rings. The number of benzene rings is 1. The topological polar surface area (TPSA) is 71.8 Å². The van der Waals surface area contributed by atoms with E-state index in [9.17, 15) is 4.79 Å². The monoisotopic (exact) mass is 377 g/mol. The number of amides is 1. The largest absolute Gasteiger partial charge is 0.350 e. The molecule has 0 radical (unpaired) electrons. The molecule has 2 N–H and O–H groups in total. The van der Waals surface area contributed by atoms with Gasteiger partial charge in [0.15, 0.2) is 0 Å². The molecule has 1 aliphatic heterocycles. The van der Waals surface area contributed by atoms with Crippen LogP contribution >= 0.6 is 12.4 Å². The Hall–Kier alpha value is -1.92. The summed E-state index contributed by atoms with van der Waals surface area (Å²) in [4.78, 5) is 16.3. The third-order valence-electron chi connectivity index (χ3n) is 5.15. The summed E-state index contributed by atoms with van der Waals surface area (Å²) in [5, 5.41) is 10.6. The Labute approximate surface area is 161 Å². The molecule has 0 spiro atoms. The SMILES string of the molecule is CC(NC(=O)CC(C)C1CCNCC1)c1ccc(-n2cncn2)cc1.Cl. The first-order valence-corrected chi connectivity index (χ1v) is 9.08. The van der Waals surface area contributed by atoms with E-state index >= 15 is 0 Å². The van der Waals surface area contributed by atoms with Crippen molar-refractivity contribution >= 4 is 18.3 Å². The van der Waals surface area contributed by atoms with Gasteiger partial charge in [0, 0.05) is 6.42 Å². The summed E-state index contributed by atoms with van der Waals surface area (Å²) in [5.74, 6) is 1.23. The number of hydrogen-bond acceptors (Lipinski definition) is 4. The highest BCUT2D eigenvalue weighted by Crippen LogP contribution is 2.24. The van der Waals surface area contributed by atoms with Crippen molar-refractivity contribution in [3.05, 3.63) is 42.5 Å². The summed E-state index contributed by atoms with van der Waals surface area (Å²) in [6, 6.07) is 8.03. The third kappa shape index (κ3) is 5.29. The second-order valence-corrected chi connectivity index (χ2v) is 6.99. The Morgan fingerprint density at radius 2 is 1.96 bits per heavy atom. The summed E-state index contributed by atoms with van der Waals surface area (Å²) >= 11 is 0. The number of carbonyl (C=O) groups is 1. The average Bonchev–Trinajstić information content (AvgIpc) is 3.17. The number of aromatic nitrogens is 3. The molecule has 142 valence electrons. The van der Waals surface area contributed by atoms with Gasteiger partial charge in [-0.3, -0.25) is 4.79 Å². The van der Waals surface area contributed by atoms with Crippen molar-refractivity contribution in [2.45, 2.75) is 39.2 Å². The Bertz CT molecular complexity index is 668. The summed E-state index contributed by atoms with van der Waals surface area (Å²) in [5.41, 5.74) is 2.05. The second kappa shape index (κ2) is 9.69. The highest BCUT2D eigenvalue weighted by atomic mass is 35.5. The lowest BCUT2D eigenvalue weighted by atomic mass is 9.84. The molecule has 1 fully saturated rings. The Balaban J connectivity index is 0.00000243. The minimum absolute atomic E-state index is 0. The first-order chi connectivity index (χ1) is 12.1. The number of nitrogens with zero attached hydrogens (tertiary/aromatic N) is 3. The van der Waals surface area contributed by atoms with Crippen molar-refractivity contribution in [3.8, 4) is 5.69 Å². The number of rotatable bonds is 6. The Kier molecular flexibility index (Phi) is 7.60. The van der Waals surface area contributed by atoms with Gasteiger partial charge in [-0.05, 0) is 62.4 Å². The molecule has 1 aromatic heterocycles. The van der Waals surface area contributed by atoms with Crippen molar-refractivity contribution in [2.75, 3.05) is 13.1 Å². The van der Waals surface area contributed by atoms with Gasteiger partial charge in [0.25, 0.3) is 0 Å². The fraction of sp³-hybridized carbons (Fsp3) is 0.526. The van der Waals surface area contributed by atoms with E-state index in [0.717, 1.165) is 24.3 Å². The molecule has 0 aliphatic carbocycles. The Morgan fingerprint density at radius 3 is 2.58 bits per heavy atom. The van der Waals surface area contributed by atoms with Crippen molar-refractivity contribution in [1.82, 2.24) is 25.4 Å². The number of hydrogen-bond donors (Lipinski definition) is 2. The van der Waals surface area contributed by atoms with Gasteiger partial charge in [-0.2, -0.15) is 5.10 Å². The normalized spacial score (nSPS) is 17.2.